The van der Waals surface area contributed by atoms with Gasteiger partial charge in [0, 0.05) is 32.6 Å². The summed E-state index contributed by atoms with van der Waals surface area (Å²) < 4.78 is 0. The van der Waals surface area contributed by atoms with Crippen LogP contribution < -0.4 is 0 Å². The van der Waals surface area contributed by atoms with Gasteiger partial charge >= 0.3 is 5.97 Å². The van der Waals surface area contributed by atoms with Crippen molar-refractivity contribution in [3.05, 3.63) is 35.4 Å². The summed E-state index contributed by atoms with van der Waals surface area (Å²) in [6.07, 6.45) is 2.89. The van der Waals surface area contributed by atoms with E-state index in [1.807, 2.05) is 31.2 Å². The number of amides is 2. The Balaban J connectivity index is 1.74. The molecule has 1 fully saturated rings. The average Bonchev–Trinajstić information content (AvgIpc) is 2.66. The van der Waals surface area contributed by atoms with Crippen LogP contribution in [0.15, 0.2) is 24.3 Å². The lowest BCUT2D eigenvalue weighted by Gasteiger charge is -2.38. The second kappa shape index (κ2) is 7.89. The van der Waals surface area contributed by atoms with Gasteiger partial charge in [0.05, 0.1) is 11.8 Å². The molecule has 2 aliphatic heterocycles. The fourth-order valence-corrected chi connectivity index (χ4v) is 4.02. The SMILES string of the molecule is CCCC(=O)N1CCCC(C(=O)N2Cc3ccccc3C(C(=O)O)C2)C1. The second-order valence-electron chi connectivity index (χ2n) is 7.24. The molecule has 3 rings (SSSR count). The molecule has 1 N–H and O–H groups in total. The average molecular weight is 358 g/mol. The van der Waals surface area contributed by atoms with Gasteiger partial charge in [0.1, 0.15) is 0 Å². The summed E-state index contributed by atoms with van der Waals surface area (Å²) >= 11 is 0. The van der Waals surface area contributed by atoms with E-state index < -0.39 is 11.9 Å². The van der Waals surface area contributed by atoms with Crippen molar-refractivity contribution in [2.45, 2.75) is 45.1 Å². The van der Waals surface area contributed by atoms with Crippen molar-refractivity contribution in [3.63, 3.8) is 0 Å². The Morgan fingerprint density at radius 3 is 2.65 bits per heavy atom. The molecule has 0 bridgehead atoms. The molecule has 2 aliphatic rings. The molecule has 0 saturated carbocycles. The number of nitrogens with zero attached hydrogens (tertiary/aromatic N) is 2. The van der Waals surface area contributed by atoms with Crippen molar-refractivity contribution in [1.29, 1.82) is 0 Å². The number of carboxylic acid groups (broad SMARTS) is 1. The third-order valence-corrected chi connectivity index (χ3v) is 5.39. The molecule has 0 spiro atoms. The smallest absolute Gasteiger partial charge is 0.312 e. The number of benzene rings is 1. The monoisotopic (exact) mass is 358 g/mol. The number of carboxylic acids is 1. The lowest BCUT2D eigenvalue weighted by molar-refractivity contribution is -0.144. The van der Waals surface area contributed by atoms with Crippen LogP contribution in [0.2, 0.25) is 0 Å². The van der Waals surface area contributed by atoms with E-state index in [9.17, 15) is 19.5 Å². The van der Waals surface area contributed by atoms with Gasteiger partial charge < -0.3 is 14.9 Å². The molecule has 0 aliphatic carbocycles. The molecule has 2 amide bonds. The molecule has 2 unspecified atom stereocenters. The first-order chi connectivity index (χ1) is 12.5. The molecule has 6 nitrogen and oxygen atoms in total. The Morgan fingerprint density at radius 2 is 1.92 bits per heavy atom. The predicted octanol–water partition coefficient (Wildman–Crippen LogP) is 2.24. The number of aliphatic carboxylic acids is 1. The van der Waals surface area contributed by atoms with E-state index in [2.05, 4.69) is 0 Å². The highest BCUT2D eigenvalue weighted by Gasteiger charge is 2.36. The van der Waals surface area contributed by atoms with Crippen LogP contribution in [0.4, 0.5) is 0 Å². The molecule has 1 aromatic rings. The minimum Gasteiger partial charge on any atom is -0.481 e. The first kappa shape index (κ1) is 18.4. The fourth-order valence-electron chi connectivity index (χ4n) is 4.02. The van der Waals surface area contributed by atoms with Crippen molar-refractivity contribution >= 4 is 17.8 Å². The Kier molecular flexibility index (Phi) is 5.59. The van der Waals surface area contributed by atoms with Gasteiger partial charge in [-0.3, -0.25) is 14.4 Å². The van der Waals surface area contributed by atoms with Crippen LogP contribution >= 0.6 is 0 Å². The predicted molar refractivity (Wildman–Crippen MR) is 96.4 cm³/mol. The van der Waals surface area contributed by atoms with Gasteiger partial charge in [-0.2, -0.15) is 0 Å². The molecule has 1 saturated heterocycles. The van der Waals surface area contributed by atoms with Crippen molar-refractivity contribution in [2.75, 3.05) is 19.6 Å². The highest BCUT2D eigenvalue weighted by Crippen LogP contribution is 2.30. The van der Waals surface area contributed by atoms with Crippen LogP contribution in [-0.2, 0) is 20.9 Å². The largest absolute Gasteiger partial charge is 0.481 e. The van der Waals surface area contributed by atoms with Crippen LogP contribution in [-0.4, -0.2) is 52.3 Å². The molecule has 6 heteroatoms. The van der Waals surface area contributed by atoms with Gasteiger partial charge in [-0.15, -0.1) is 0 Å². The molecule has 2 atom stereocenters. The molecule has 1 aromatic carbocycles. The number of hydrogen-bond donors (Lipinski definition) is 1. The molecule has 2 heterocycles. The molecular weight excluding hydrogens is 332 g/mol. The standard InChI is InChI=1S/C20H26N2O4/c1-2-6-18(23)21-10-5-8-15(12-21)19(24)22-11-14-7-3-4-9-16(14)17(13-22)20(25)26/h3-4,7,9,15,17H,2,5-6,8,10-13H2,1H3,(H,25,26). The van der Waals surface area contributed by atoms with Gasteiger partial charge in [-0.05, 0) is 30.4 Å². The minimum atomic E-state index is -0.904. The number of likely N-dealkylation sites (tertiary alicyclic amines) is 1. The van der Waals surface area contributed by atoms with Crippen LogP contribution in [0.25, 0.3) is 0 Å². The topological polar surface area (TPSA) is 77.9 Å². The van der Waals surface area contributed by atoms with Gasteiger partial charge in [-0.25, -0.2) is 0 Å². The molecule has 26 heavy (non-hydrogen) atoms. The highest BCUT2D eigenvalue weighted by atomic mass is 16.4. The zero-order valence-corrected chi connectivity index (χ0v) is 15.2. The fraction of sp³-hybridized carbons (Fsp3) is 0.550. The molecule has 0 aromatic heterocycles. The summed E-state index contributed by atoms with van der Waals surface area (Å²) in [6, 6.07) is 7.44. The van der Waals surface area contributed by atoms with Crippen molar-refractivity contribution in [1.82, 2.24) is 9.80 Å². The van der Waals surface area contributed by atoms with Crippen LogP contribution in [0.3, 0.4) is 0 Å². The Bertz CT molecular complexity index is 703. The van der Waals surface area contributed by atoms with E-state index in [4.69, 9.17) is 0 Å². The van der Waals surface area contributed by atoms with E-state index in [1.54, 1.807) is 9.80 Å². The highest BCUT2D eigenvalue weighted by molar-refractivity contribution is 5.84. The van der Waals surface area contributed by atoms with Gasteiger partial charge in [0.25, 0.3) is 0 Å². The van der Waals surface area contributed by atoms with Gasteiger partial charge in [-0.1, -0.05) is 31.2 Å². The first-order valence-corrected chi connectivity index (χ1v) is 9.38. The number of rotatable bonds is 4. The van der Waals surface area contributed by atoms with Gasteiger partial charge in [0.2, 0.25) is 11.8 Å². The summed E-state index contributed by atoms with van der Waals surface area (Å²) in [6.45, 7) is 3.78. The van der Waals surface area contributed by atoms with E-state index >= 15 is 0 Å². The Hall–Kier alpha value is -2.37. The second-order valence-corrected chi connectivity index (χ2v) is 7.24. The lowest BCUT2D eigenvalue weighted by atomic mass is 9.88. The number of piperidine rings is 1. The lowest BCUT2D eigenvalue weighted by Crippen LogP contribution is -2.49. The van der Waals surface area contributed by atoms with Crippen molar-refractivity contribution in [2.24, 2.45) is 5.92 Å². The van der Waals surface area contributed by atoms with Crippen LogP contribution in [0, 0.1) is 5.92 Å². The third kappa shape index (κ3) is 3.74. The Morgan fingerprint density at radius 1 is 1.15 bits per heavy atom. The first-order valence-electron chi connectivity index (χ1n) is 9.38. The van der Waals surface area contributed by atoms with Crippen molar-refractivity contribution < 1.29 is 19.5 Å². The molecule has 0 radical (unpaired) electrons. The van der Waals surface area contributed by atoms with Crippen molar-refractivity contribution in [3.8, 4) is 0 Å². The number of carbonyl (C=O) groups is 3. The normalized spacial score (nSPS) is 22.7. The number of hydrogen-bond acceptors (Lipinski definition) is 3. The zero-order valence-electron chi connectivity index (χ0n) is 15.2. The van der Waals surface area contributed by atoms with Crippen LogP contribution in [0.5, 0.6) is 0 Å². The van der Waals surface area contributed by atoms with E-state index in [0.717, 1.165) is 30.4 Å². The quantitative estimate of drug-likeness (QED) is 0.895. The Labute approximate surface area is 153 Å². The maximum Gasteiger partial charge on any atom is 0.312 e. The summed E-state index contributed by atoms with van der Waals surface area (Å²) in [5.74, 6) is -1.75. The number of carbonyl (C=O) groups excluding carboxylic acids is 2. The summed E-state index contributed by atoms with van der Waals surface area (Å²) in [5, 5.41) is 9.58. The molecule has 140 valence electrons. The minimum absolute atomic E-state index is 0.0280. The maximum atomic E-state index is 13.1. The summed E-state index contributed by atoms with van der Waals surface area (Å²) in [7, 11) is 0. The van der Waals surface area contributed by atoms with Gasteiger partial charge in [0.15, 0.2) is 0 Å². The summed E-state index contributed by atoms with van der Waals surface area (Å²) in [4.78, 5) is 40.4. The molecular formula is C20H26N2O4. The van der Waals surface area contributed by atoms with Crippen LogP contribution in [0.1, 0.15) is 49.7 Å². The summed E-state index contributed by atoms with van der Waals surface area (Å²) in [5.41, 5.74) is 1.70. The van der Waals surface area contributed by atoms with E-state index in [1.165, 1.54) is 0 Å². The maximum absolute atomic E-state index is 13.1. The third-order valence-electron chi connectivity index (χ3n) is 5.39. The number of fused-ring (bicyclic) bond motifs is 1. The zero-order chi connectivity index (χ0) is 18.7. The van der Waals surface area contributed by atoms with E-state index in [-0.39, 0.29) is 24.3 Å². The van der Waals surface area contributed by atoms with E-state index in [0.29, 0.717) is 26.1 Å².